The zero-order chi connectivity index (χ0) is 11.8. The van der Waals surface area contributed by atoms with Gasteiger partial charge in [0, 0.05) is 13.6 Å². The zero-order valence-corrected chi connectivity index (χ0v) is 11.1. The normalized spacial score (nSPS) is 12.0. The maximum Gasteiger partial charge on any atom is 0.239 e. The second-order valence-electron chi connectivity index (χ2n) is 3.42. The third-order valence-corrected chi connectivity index (χ3v) is 2.99. The second-order valence-corrected chi connectivity index (χ2v) is 4.53. The summed E-state index contributed by atoms with van der Waals surface area (Å²) in [5.41, 5.74) is 0. The van der Waals surface area contributed by atoms with Crippen molar-refractivity contribution in [3.8, 4) is 0 Å². The lowest BCUT2D eigenvalue weighted by atomic mass is 10.3. The molecule has 0 bridgehead atoms. The number of alkyl halides is 1. The van der Waals surface area contributed by atoms with Gasteiger partial charge < -0.3 is 10.2 Å². The largest absolute Gasteiger partial charge is 0.355 e. The molecular weight excluding hydrogens is 260 g/mol. The van der Waals surface area contributed by atoms with Gasteiger partial charge in [-0.05, 0) is 12.8 Å². The van der Waals surface area contributed by atoms with Gasteiger partial charge in [-0.3, -0.25) is 9.59 Å². The fourth-order valence-electron chi connectivity index (χ4n) is 1.03. The van der Waals surface area contributed by atoms with E-state index in [-0.39, 0.29) is 23.2 Å². The predicted octanol–water partition coefficient (Wildman–Crippen LogP) is 1.14. The standard InChI is InChI=1S/C10H19BrN2O2/c1-4-6-12-9(14)7-13(3)10(15)8(11)5-2/h8H,4-7H2,1-3H3,(H,12,14). The lowest BCUT2D eigenvalue weighted by molar-refractivity contribution is -0.134. The predicted molar refractivity (Wildman–Crippen MR) is 63.9 cm³/mol. The third-order valence-electron chi connectivity index (χ3n) is 1.96. The zero-order valence-electron chi connectivity index (χ0n) is 9.55. The topological polar surface area (TPSA) is 49.4 Å². The van der Waals surface area contributed by atoms with Crippen molar-refractivity contribution in [1.82, 2.24) is 10.2 Å². The van der Waals surface area contributed by atoms with Crippen LogP contribution < -0.4 is 5.32 Å². The minimum Gasteiger partial charge on any atom is -0.355 e. The number of rotatable bonds is 6. The maximum absolute atomic E-state index is 11.6. The van der Waals surface area contributed by atoms with Crippen LogP contribution in [0.1, 0.15) is 26.7 Å². The molecule has 0 saturated carbocycles. The molecule has 0 aliphatic carbocycles. The Bertz CT molecular complexity index is 221. The van der Waals surface area contributed by atoms with Crippen molar-refractivity contribution in [2.24, 2.45) is 0 Å². The molecule has 88 valence electrons. The highest BCUT2D eigenvalue weighted by Gasteiger charge is 2.18. The average molecular weight is 279 g/mol. The van der Waals surface area contributed by atoms with E-state index in [9.17, 15) is 9.59 Å². The van der Waals surface area contributed by atoms with Crippen molar-refractivity contribution in [1.29, 1.82) is 0 Å². The number of nitrogens with zero attached hydrogens (tertiary/aromatic N) is 1. The van der Waals surface area contributed by atoms with E-state index in [4.69, 9.17) is 0 Å². The molecule has 15 heavy (non-hydrogen) atoms. The molecule has 0 fully saturated rings. The number of amides is 2. The van der Waals surface area contributed by atoms with E-state index in [1.54, 1.807) is 7.05 Å². The first-order valence-corrected chi connectivity index (χ1v) is 6.10. The van der Waals surface area contributed by atoms with Gasteiger partial charge in [0.1, 0.15) is 0 Å². The molecule has 2 amide bonds. The van der Waals surface area contributed by atoms with E-state index < -0.39 is 0 Å². The van der Waals surface area contributed by atoms with E-state index in [1.165, 1.54) is 4.90 Å². The first-order valence-electron chi connectivity index (χ1n) is 5.18. The van der Waals surface area contributed by atoms with E-state index in [0.29, 0.717) is 6.54 Å². The molecular formula is C10H19BrN2O2. The van der Waals surface area contributed by atoms with Crippen LogP contribution in [-0.2, 0) is 9.59 Å². The van der Waals surface area contributed by atoms with Crippen LogP contribution in [0.25, 0.3) is 0 Å². The Morgan fingerprint density at radius 3 is 2.47 bits per heavy atom. The number of hydrogen-bond donors (Lipinski definition) is 1. The summed E-state index contributed by atoms with van der Waals surface area (Å²) in [6.45, 7) is 4.69. The minimum absolute atomic E-state index is 0.0517. The quantitative estimate of drug-likeness (QED) is 0.741. The fraction of sp³-hybridized carbons (Fsp3) is 0.800. The van der Waals surface area contributed by atoms with Gasteiger partial charge in [-0.1, -0.05) is 29.8 Å². The fourth-order valence-corrected chi connectivity index (χ4v) is 1.38. The van der Waals surface area contributed by atoms with Gasteiger partial charge in [-0.15, -0.1) is 0 Å². The SMILES string of the molecule is CCCNC(=O)CN(C)C(=O)C(Br)CC. The van der Waals surface area contributed by atoms with Crippen LogP contribution in [0.5, 0.6) is 0 Å². The number of nitrogens with one attached hydrogen (secondary N) is 1. The first-order chi connectivity index (χ1) is 7.02. The molecule has 0 aliphatic heterocycles. The molecule has 0 heterocycles. The van der Waals surface area contributed by atoms with Gasteiger partial charge in [0.15, 0.2) is 0 Å². The van der Waals surface area contributed by atoms with Crippen molar-refractivity contribution in [2.75, 3.05) is 20.1 Å². The molecule has 0 aliphatic rings. The van der Waals surface area contributed by atoms with Crippen molar-refractivity contribution in [3.63, 3.8) is 0 Å². The van der Waals surface area contributed by atoms with Crippen molar-refractivity contribution >= 4 is 27.7 Å². The van der Waals surface area contributed by atoms with Gasteiger partial charge in [-0.25, -0.2) is 0 Å². The van der Waals surface area contributed by atoms with Crippen molar-refractivity contribution in [3.05, 3.63) is 0 Å². The van der Waals surface area contributed by atoms with Gasteiger partial charge in [-0.2, -0.15) is 0 Å². The Kier molecular flexibility index (Phi) is 7.38. The molecule has 0 aromatic rings. The molecule has 0 aromatic carbocycles. The first kappa shape index (κ1) is 14.4. The Balaban J connectivity index is 3.96. The third kappa shape index (κ3) is 5.77. The molecule has 1 atom stereocenters. The van der Waals surface area contributed by atoms with Crippen LogP contribution in [0.3, 0.4) is 0 Å². The summed E-state index contributed by atoms with van der Waals surface area (Å²) < 4.78 is 0. The highest BCUT2D eigenvalue weighted by molar-refractivity contribution is 9.10. The number of halogens is 1. The van der Waals surface area contributed by atoms with Crippen molar-refractivity contribution < 1.29 is 9.59 Å². The van der Waals surface area contributed by atoms with Crippen LogP contribution in [0.4, 0.5) is 0 Å². The molecule has 0 spiro atoms. The Morgan fingerprint density at radius 1 is 1.40 bits per heavy atom. The summed E-state index contributed by atoms with van der Waals surface area (Å²) >= 11 is 3.26. The lowest BCUT2D eigenvalue weighted by Gasteiger charge is -2.19. The van der Waals surface area contributed by atoms with E-state index >= 15 is 0 Å². The highest BCUT2D eigenvalue weighted by Crippen LogP contribution is 2.07. The second kappa shape index (κ2) is 7.68. The van der Waals surface area contributed by atoms with Gasteiger partial charge in [0.2, 0.25) is 11.8 Å². The molecule has 1 unspecified atom stereocenters. The molecule has 0 saturated heterocycles. The smallest absolute Gasteiger partial charge is 0.239 e. The number of likely N-dealkylation sites (N-methyl/N-ethyl adjacent to an activating group) is 1. The van der Waals surface area contributed by atoms with Crippen LogP contribution in [0.2, 0.25) is 0 Å². The Hall–Kier alpha value is -0.580. The average Bonchev–Trinajstić information content (AvgIpc) is 2.23. The van der Waals surface area contributed by atoms with Crippen LogP contribution >= 0.6 is 15.9 Å². The summed E-state index contributed by atoms with van der Waals surface area (Å²) in [7, 11) is 1.64. The summed E-state index contributed by atoms with van der Waals surface area (Å²) in [5, 5.41) is 2.73. The van der Waals surface area contributed by atoms with Crippen LogP contribution in [-0.4, -0.2) is 41.7 Å². The number of carbonyl (C=O) groups excluding carboxylic acids is 2. The summed E-state index contributed by atoms with van der Waals surface area (Å²) in [5.74, 6) is -0.160. The van der Waals surface area contributed by atoms with Crippen LogP contribution in [0.15, 0.2) is 0 Å². The van der Waals surface area contributed by atoms with E-state index in [1.807, 2.05) is 13.8 Å². The van der Waals surface area contributed by atoms with Gasteiger partial charge in [0.25, 0.3) is 0 Å². The molecule has 5 heteroatoms. The van der Waals surface area contributed by atoms with E-state index in [0.717, 1.165) is 12.8 Å². The van der Waals surface area contributed by atoms with Gasteiger partial charge in [0.05, 0.1) is 11.4 Å². The molecule has 4 nitrogen and oxygen atoms in total. The summed E-state index contributed by atoms with van der Waals surface area (Å²) in [6, 6.07) is 0. The molecule has 1 N–H and O–H groups in total. The summed E-state index contributed by atoms with van der Waals surface area (Å²) in [4.78, 5) is 24.1. The molecule has 0 radical (unpaired) electrons. The molecule has 0 rings (SSSR count). The minimum atomic E-state index is -0.193. The maximum atomic E-state index is 11.6. The molecule has 0 aromatic heterocycles. The van der Waals surface area contributed by atoms with Crippen LogP contribution in [0, 0.1) is 0 Å². The lowest BCUT2D eigenvalue weighted by Crippen LogP contribution is -2.41. The number of hydrogen-bond acceptors (Lipinski definition) is 2. The summed E-state index contributed by atoms with van der Waals surface area (Å²) in [6.07, 6.45) is 1.62. The number of carbonyl (C=O) groups is 2. The Morgan fingerprint density at radius 2 is 2.00 bits per heavy atom. The van der Waals surface area contributed by atoms with Gasteiger partial charge >= 0.3 is 0 Å². The monoisotopic (exact) mass is 278 g/mol. The van der Waals surface area contributed by atoms with Crippen molar-refractivity contribution in [2.45, 2.75) is 31.5 Å². The Labute approximate surface area is 99.5 Å². The highest BCUT2D eigenvalue weighted by atomic mass is 79.9. The van der Waals surface area contributed by atoms with E-state index in [2.05, 4.69) is 21.2 Å².